The molecule has 1 aromatic rings. The smallest absolute Gasteiger partial charge is 0.332 e. The highest BCUT2D eigenvalue weighted by molar-refractivity contribution is 7.70. The Morgan fingerprint density at radius 1 is 1.21 bits per heavy atom. The number of rotatable bonds is 4. The Balaban J connectivity index is 1.93. The van der Waals surface area contributed by atoms with Crippen LogP contribution in [0.2, 0.25) is 0 Å². The van der Waals surface area contributed by atoms with Crippen LogP contribution in [0.15, 0.2) is 30.3 Å². The van der Waals surface area contributed by atoms with Gasteiger partial charge in [0.15, 0.2) is 0 Å². The molecule has 0 bridgehead atoms. The topological polar surface area (TPSA) is 66.8 Å². The number of carbonyl (C=O) groups excluding carboxylic acids is 1. The van der Waals surface area contributed by atoms with Crippen molar-refractivity contribution in [3.05, 3.63) is 35.9 Å². The van der Waals surface area contributed by atoms with E-state index in [1.165, 1.54) is 4.90 Å². The van der Waals surface area contributed by atoms with Crippen LogP contribution in [0, 0.1) is 0 Å². The standard InChI is InChI=1S/C13H18NO4P/c15-13(14-9-5-2-6-10-14)19(16,17)18-11-12-7-3-1-4-8-12/h1,3-4,7-8H,2,5-6,9-11H2,(H,16,17). The van der Waals surface area contributed by atoms with Crippen LogP contribution in [0.3, 0.4) is 0 Å². The van der Waals surface area contributed by atoms with Gasteiger partial charge in [0.1, 0.15) is 0 Å². The largest absolute Gasteiger partial charge is 0.416 e. The van der Waals surface area contributed by atoms with E-state index in [1.807, 2.05) is 18.2 Å². The molecule has 1 saturated heterocycles. The third kappa shape index (κ3) is 3.90. The maximum atomic E-state index is 11.9. The molecule has 1 amide bonds. The van der Waals surface area contributed by atoms with E-state index in [1.54, 1.807) is 12.1 Å². The molecule has 19 heavy (non-hydrogen) atoms. The quantitative estimate of drug-likeness (QED) is 0.863. The first-order valence-electron chi connectivity index (χ1n) is 6.40. The van der Waals surface area contributed by atoms with E-state index in [4.69, 9.17) is 4.52 Å². The molecule has 6 heteroatoms. The van der Waals surface area contributed by atoms with Gasteiger partial charge in [-0.05, 0) is 24.8 Å². The van der Waals surface area contributed by atoms with E-state index in [9.17, 15) is 14.3 Å². The number of benzene rings is 1. The van der Waals surface area contributed by atoms with E-state index in [0.717, 1.165) is 24.8 Å². The molecule has 1 fully saturated rings. The number of hydrogen-bond acceptors (Lipinski definition) is 3. The third-order valence-corrected chi connectivity index (χ3v) is 4.36. The molecule has 1 aliphatic heterocycles. The van der Waals surface area contributed by atoms with E-state index in [2.05, 4.69) is 0 Å². The van der Waals surface area contributed by atoms with Crippen molar-refractivity contribution in [1.29, 1.82) is 0 Å². The summed E-state index contributed by atoms with van der Waals surface area (Å²) in [4.78, 5) is 23.1. The highest BCUT2D eigenvalue weighted by Gasteiger charge is 2.35. The second-order valence-electron chi connectivity index (χ2n) is 4.61. The second kappa shape index (κ2) is 6.33. The summed E-state index contributed by atoms with van der Waals surface area (Å²) in [6.45, 7) is 1.05. The van der Waals surface area contributed by atoms with Gasteiger partial charge < -0.3 is 9.79 Å². The monoisotopic (exact) mass is 283 g/mol. The Kier molecular flexibility index (Phi) is 4.75. The molecule has 2 rings (SSSR count). The number of likely N-dealkylation sites (tertiary alicyclic amines) is 1. The van der Waals surface area contributed by atoms with E-state index < -0.39 is 13.2 Å². The second-order valence-corrected chi connectivity index (χ2v) is 6.29. The van der Waals surface area contributed by atoms with Gasteiger partial charge in [-0.25, -0.2) is 4.57 Å². The van der Waals surface area contributed by atoms with Gasteiger partial charge in [-0.3, -0.25) is 9.32 Å². The molecular formula is C13H18NO4P. The van der Waals surface area contributed by atoms with Gasteiger partial charge in [-0.1, -0.05) is 30.3 Å². The Morgan fingerprint density at radius 2 is 1.84 bits per heavy atom. The average Bonchev–Trinajstić information content (AvgIpc) is 2.46. The van der Waals surface area contributed by atoms with Gasteiger partial charge in [-0.2, -0.15) is 0 Å². The van der Waals surface area contributed by atoms with Crippen LogP contribution in [0.4, 0.5) is 4.79 Å². The summed E-state index contributed by atoms with van der Waals surface area (Å²) in [6, 6.07) is 9.04. The molecule has 104 valence electrons. The van der Waals surface area contributed by atoms with E-state index >= 15 is 0 Å². The molecule has 1 heterocycles. The van der Waals surface area contributed by atoms with Crippen LogP contribution in [0.5, 0.6) is 0 Å². The molecular weight excluding hydrogens is 265 g/mol. The van der Waals surface area contributed by atoms with Crippen molar-refractivity contribution >= 4 is 13.2 Å². The molecule has 0 radical (unpaired) electrons. The van der Waals surface area contributed by atoms with Gasteiger partial charge >= 0.3 is 13.2 Å². The van der Waals surface area contributed by atoms with Crippen molar-refractivity contribution in [3.8, 4) is 0 Å². The van der Waals surface area contributed by atoms with Crippen molar-refractivity contribution < 1.29 is 18.8 Å². The van der Waals surface area contributed by atoms with Gasteiger partial charge in [0.2, 0.25) is 0 Å². The van der Waals surface area contributed by atoms with Crippen molar-refractivity contribution in [2.75, 3.05) is 13.1 Å². The fraction of sp³-hybridized carbons (Fsp3) is 0.462. The molecule has 0 aliphatic carbocycles. The van der Waals surface area contributed by atoms with Crippen LogP contribution in [-0.4, -0.2) is 28.5 Å². The Bertz CT molecular complexity index is 471. The first kappa shape index (κ1) is 14.3. The molecule has 0 saturated carbocycles. The van der Waals surface area contributed by atoms with Crippen LogP contribution in [-0.2, 0) is 15.7 Å². The SMILES string of the molecule is O=C(N1CCCCC1)P(=O)(O)OCc1ccccc1. The Morgan fingerprint density at radius 3 is 2.47 bits per heavy atom. The molecule has 5 nitrogen and oxygen atoms in total. The Hall–Kier alpha value is -1.16. The van der Waals surface area contributed by atoms with Crippen molar-refractivity contribution in [1.82, 2.24) is 4.90 Å². The lowest BCUT2D eigenvalue weighted by atomic mass is 10.1. The highest BCUT2D eigenvalue weighted by atomic mass is 31.2. The molecule has 1 atom stereocenters. The van der Waals surface area contributed by atoms with Gasteiger partial charge in [0.05, 0.1) is 6.61 Å². The van der Waals surface area contributed by atoms with E-state index in [0.29, 0.717) is 13.1 Å². The molecule has 1 N–H and O–H groups in total. The molecule has 0 aromatic heterocycles. The lowest BCUT2D eigenvalue weighted by Crippen LogP contribution is -2.34. The zero-order valence-electron chi connectivity index (χ0n) is 10.7. The van der Waals surface area contributed by atoms with Crippen LogP contribution in [0.25, 0.3) is 0 Å². The minimum atomic E-state index is -4.23. The summed E-state index contributed by atoms with van der Waals surface area (Å²) in [6.07, 6.45) is 2.82. The normalized spacial score (nSPS) is 18.9. The van der Waals surface area contributed by atoms with Gasteiger partial charge in [0, 0.05) is 13.1 Å². The van der Waals surface area contributed by atoms with E-state index in [-0.39, 0.29) is 6.61 Å². The average molecular weight is 283 g/mol. The van der Waals surface area contributed by atoms with Crippen molar-refractivity contribution in [2.45, 2.75) is 25.9 Å². The van der Waals surface area contributed by atoms with Crippen LogP contribution < -0.4 is 0 Å². The number of nitrogens with zero attached hydrogens (tertiary/aromatic N) is 1. The minimum absolute atomic E-state index is 0.0335. The number of piperidine rings is 1. The maximum absolute atomic E-state index is 11.9. The number of amides is 1. The predicted molar refractivity (Wildman–Crippen MR) is 71.9 cm³/mol. The lowest BCUT2D eigenvalue weighted by molar-refractivity contribution is 0.187. The zero-order valence-corrected chi connectivity index (χ0v) is 11.6. The minimum Gasteiger partial charge on any atom is -0.332 e. The summed E-state index contributed by atoms with van der Waals surface area (Å²) < 4.78 is 16.9. The number of carbonyl (C=O) groups is 1. The zero-order chi connectivity index (χ0) is 13.7. The summed E-state index contributed by atoms with van der Waals surface area (Å²) in [5, 5.41) is 0. The van der Waals surface area contributed by atoms with Gasteiger partial charge in [0.25, 0.3) is 0 Å². The van der Waals surface area contributed by atoms with Crippen molar-refractivity contribution in [3.63, 3.8) is 0 Å². The van der Waals surface area contributed by atoms with Gasteiger partial charge in [-0.15, -0.1) is 0 Å². The highest BCUT2D eigenvalue weighted by Crippen LogP contribution is 2.46. The molecule has 0 spiro atoms. The first-order chi connectivity index (χ1) is 9.09. The third-order valence-electron chi connectivity index (χ3n) is 3.12. The van der Waals surface area contributed by atoms with Crippen molar-refractivity contribution in [2.24, 2.45) is 0 Å². The lowest BCUT2D eigenvalue weighted by Gasteiger charge is -2.27. The predicted octanol–water partition coefficient (Wildman–Crippen LogP) is 2.99. The summed E-state index contributed by atoms with van der Waals surface area (Å²) in [5.74, 6) is 0. The molecule has 1 aliphatic rings. The molecule has 1 aromatic carbocycles. The number of hydrogen-bond donors (Lipinski definition) is 1. The molecule has 1 unspecified atom stereocenters. The van der Waals surface area contributed by atoms with Crippen LogP contribution in [0.1, 0.15) is 24.8 Å². The fourth-order valence-corrected chi connectivity index (χ4v) is 3.05. The Labute approximate surface area is 112 Å². The summed E-state index contributed by atoms with van der Waals surface area (Å²) in [7, 11) is -4.23. The maximum Gasteiger partial charge on any atom is 0.416 e. The fourth-order valence-electron chi connectivity index (χ4n) is 2.06. The van der Waals surface area contributed by atoms with Crippen LogP contribution >= 0.6 is 7.60 Å². The first-order valence-corrected chi connectivity index (χ1v) is 7.98. The summed E-state index contributed by atoms with van der Waals surface area (Å²) >= 11 is 0. The summed E-state index contributed by atoms with van der Waals surface area (Å²) in [5.41, 5.74) is -0.00801.